The van der Waals surface area contributed by atoms with Gasteiger partial charge in [-0.05, 0) is 68.3 Å². The highest BCUT2D eigenvalue weighted by molar-refractivity contribution is 7.13. The number of nitrogens with zero attached hydrogens (tertiary/aromatic N) is 2. The molecule has 1 aliphatic rings. The Morgan fingerprint density at radius 1 is 1.13 bits per heavy atom. The van der Waals surface area contributed by atoms with Gasteiger partial charge in [-0.2, -0.15) is 13.2 Å². The second-order valence-electron chi connectivity index (χ2n) is 10.3. The van der Waals surface area contributed by atoms with Crippen LogP contribution in [0.1, 0.15) is 41.4 Å². The van der Waals surface area contributed by atoms with Crippen molar-refractivity contribution < 1.29 is 41.7 Å². The first-order valence-corrected chi connectivity index (χ1v) is 14.8. The van der Waals surface area contributed by atoms with E-state index >= 15 is 0 Å². The SMILES string of the molecule is CCOc1c(CC(N)=O)cc([C@@](O)(CNC(=O)c2ccc(-c3nccs3)c(OC3CC3)c2)C(F)(F)F)nc1-c1ccc(F)cc1. The van der Waals surface area contributed by atoms with Crippen molar-refractivity contribution in [2.45, 2.75) is 44.1 Å². The fourth-order valence-electron chi connectivity index (χ4n) is 4.53. The second-order valence-corrected chi connectivity index (χ2v) is 11.2. The van der Waals surface area contributed by atoms with Crippen LogP contribution in [-0.4, -0.2) is 52.3 Å². The van der Waals surface area contributed by atoms with Crippen LogP contribution >= 0.6 is 11.3 Å². The highest BCUT2D eigenvalue weighted by Gasteiger charge is 2.56. The summed E-state index contributed by atoms with van der Waals surface area (Å²) in [6.45, 7) is 0.333. The molecule has 0 aliphatic heterocycles. The molecule has 2 aromatic heterocycles. The molecule has 2 amide bonds. The third-order valence-corrected chi connectivity index (χ3v) is 7.75. The molecule has 5 rings (SSSR count). The van der Waals surface area contributed by atoms with E-state index in [4.69, 9.17) is 15.2 Å². The number of amides is 2. The lowest BCUT2D eigenvalue weighted by Crippen LogP contribution is -2.51. The van der Waals surface area contributed by atoms with Gasteiger partial charge in [-0.15, -0.1) is 11.3 Å². The fraction of sp³-hybridized carbons (Fsp3) is 0.290. The number of halogens is 4. The van der Waals surface area contributed by atoms with E-state index in [1.165, 1.54) is 35.6 Å². The molecule has 236 valence electrons. The Bertz CT molecular complexity index is 1700. The van der Waals surface area contributed by atoms with E-state index in [9.17, 15) is 32.3 Å². The summed E-state index contributed by atoms with van der Waals surface area (Å²) in [6, 6.07) is 9.99. The first kappa shape index (κ1) is 31.9. The predicted octanol–water partition coefficient (Wildman–Crippen LogP) is 5.16. The number of nitrogens with two attached hydrogens (primary N) is 1. The van der Waals surface area contributed by atoms with E-state index in [1.807, 2.05) is 0 Å². The number of ether oxygens (including phenoxy) is 2. The summed E-state index contributed by atoms with van der Waals surface area (Å²) in [7, 11) is 0. The summed E-state index contributed by atoms with van der Waals surface area (Å²) in [4.78, 5) is 33.4. The Hall–Kier alpha value is -4.56. The summed E-state index contributed by atoms with van der Waals surface area (Å²) < 4.78 is 69.2. The average Bonchev–Trinajstić information content (AvgIpc) is 3.64. The van der Waals surface area contributed by atoms with Crippen LogP contribution in [0.5, 0.6) is 11.5 Å². The largest absolute Gasteiger partial charge is 0.491 e. The third-order valence-electron chi connectivity index (χ3n) is 6.94. The maximum Gasteiger partial charge on any atom is 0.424 e. The van der Waals surface area contributed by atoms with E-state index in [-0.39, 0.29) is 40.8 Å². The highest BCUT2D eigenvalue weighted by atomic mass is 32.1. The van der Waals surface area contributed by atoms with Gasteiger partial charge in [0, 0.05) is 28.3 Å². The number of thiazole rings is 1. The molecule has 0 spiro atoms. The van der Waals surface area contributed by atoms with Gasteiger partial charge in [-0.25, -0.2) is 14.4 Å². The van der Waals surface area contributed by atoms with Gasteiger partial charge in [0.25, 0.3) is 5.91 Å². The van der Waals surface area contributed by atoms with Crippen LogP contribution in [-0.2, 0) is 16.8 Å². The molecule has 1 fully saturated rings. The van der Waals surface area contributed by atoms with Crippen LogP contribution in [0.4, 0.5) is 17.6 Å². The van der Waals surface area contributed by atoms with Crippen LogP contribution in [0.15, 0.2) is 60.1 Å². The van der Waals surface area contributed by atoms with Gasteiger partial charge in [0.2, 0.25) is 11.5 Å². The molecule has 2 heterocycles. The van der Waals surface area contributed by atoms with Crippen molar-refractivity contribution in [3.63, 3.8) is 0 Å². The number of pyridine rings is 1. The molecule has 0 saturated heterocycles. The van der Waals surface area contributed by atoms with Crippen molar-refractivity contribution in [3.05, 3.63) is 82.7 Å². The maximum atomic E-state index is 14.7. The Morgan fingerprint density at radius 3 is 2.47 bits per heavy atom. The monoisotopic (exact) mass is 644 g/mol. The van der Waals surface area contributed by atoms with Gasteiger partial charge in [-0.1, -0.05) is 0 Å². The normalized spacial score (nSPS) is 14.4. The minimum absolute atomic E-state index is 0.00319. The summed E-state index contributed by atoms with van der Waals surface area (Å²) in [5.41, 5.74) is 1.25. The number of hydrogen-bond donors (Lipinski definition) is 3. The maximum absolute atomic E-state index is 14.7. The van der Waals surface area contributed by atoms with Crippen LogP contribution < -0.4 is 20.5 Å². The number of hydrogen-bond acceptors (Lipinski definition) is 8. The van der Waals surface area contributed by atoms with Crippen LogP contribution in [0.25, 0.3) is 21.8 Å². The van der Waals surface area contributed by atoms with Gasteiger partial charge in [0.15, 0.2) is 0 Å². The van der Waals surface area contributed by atoms with Crippen LogP contribution in [0.2, 0.25) is 0 Å². The predicted molar refractivity (Wildman–Crippen MR) is 157 cm³/mol. The number of benzene rings is 2. The second kappa shape index (κ2) is 12.8. The lowest BCUT2D eigenvalue weighted by Gasteiger charge is -2.31. The number of rotatable bonds is 12. The molecule has 45 heavy (non-hydrogen) atoms. The van der Waals surface area contributed by atoms with E-state index in [1.54, 1.807) is 24.6 Å². The molecule has 2 aromatic carbocycles. The van der Waals surface area contributed by atoms with Crippen LogP contribution in [0.3, 0.4) is 0 Å². The van der Waals surface area contributed by atoms with E-state index in [2.05, 4.69) is 15.3 Å². The Morgan fingerprint density at radius 2 is 1.87 bits per heavy atom. The highest BCUT2D eigenvalue weighted by Crippen LogP contribution is 2.42. The minimum atomic E-state index is -5.35. The van der Waals surface area contributed by atoms with Gasteiger partial charge in [0.1, 0.15) is 28.0 Å². The summed E-state index contributed by atoms with van der Waals surface area (Å²) in [5.74, 6) is -2.09. The number of aliphatic hydroxyl groups is 1. The summed E-state index contributed by atoms with van der Waals surface area (Å²) in [6.07, 6.45) is -2.65. The Kier molecular flexibility index (Phi) is 9.07. The molecule has 14 heteroatoms. The molecule has 0 radical (unpaired) electrons. The van der Waals surface area contributed by atoms with E-state index < -0.39 is 48.1 Å². The topological polar surface area (TPSA) is 137 Å². The lowest BCUT2D eigenvalue weighted by molar-refractivity contribution is -0.265. The van der Waals surface area contributed by atoms with Crippen LogP contribution in [0, 0.1) is 5.82 Å². The molecule has 9 nitrogen and oxygen atoms in total. The van der Waals surface area contributed by atoms with Gasteiger partial charge < -0.3 is 25.6 Å². The zero-order valence-electron chi connectivity index (χ0n) is 23.9. The zero-order valence-corrected chi connectivity index (χ0v) is 24.7. The smallest absolute Gasteiger partial charge is 0.424 e. The Labute approximate surface area is 259 Å². The number of alkyl halides is 3. The number of carbonyl (C=O) groups is 2. The summed E-state index contributed by atoms with van der Waals surface area (Å²) in [5, 5.41) is 15.8. The quantitative estimate of drug-likeness (QED) is 0.181. The molecule has 1 aliphatic carbocycles. The molecule has 1 saturated carbocycles. The summed E-state index contributed by atoms with van der Waals surface area (Å²) >= 11 is 1.36. The lowest BCUT2D eigenvalue weighted by atomic mass is 9.93. The van der Waals surface area contributed by atoms with Gasteiger partial charge in [-0.3, -0.25) is 9.59 Å². The molecule has 0 bridgehead atoms. The van der Waals surface area contributed by atoms with Crippen molar-refractivity contribution in [2.75, 3.05) is 13.2 Å². The minimum Gasteiger partial charge on any atom is -0.491 e. The molecular weight excluding hydrogens is 616 g/mol. The zero-order chi connectivity index (χ0) is 32.4. The van der Waals surface area contributed by atoms with Crippen molar-refractivity contribution in [2.24, 2.45) is 5.73 Å². The van der Waals surface area contributed by atoms with Crippen molar-refractivity contribution in [3.8, 4) is 33.3 Å². The van der Waals surface area contributed by atoms with Gasteiger partial charge in [0.05, 0.1) is 36.9 Å². The number of aromatic nitrogens is 2. The van der Waals surface area contributed by atoms with E-state index in [0.717, 1.165) is 31.0 Å². The molecule has 0 unspecified atom stereocenters. The fourth-order valence-corrected chi connectivity index (χ4v) is 5.20. The first-order chi connectivity index (χ1) is 21.4. The molecular formula is C31H28F4N4O5S. The number of primary amides is 1. The molecule has 4 N–H and O–H groups in total. The number of nitrogens with one attached hydrogen (secondary N) is 1. The van der Waals surface area contributed by atoms with E-state index in [0.29, 0.717) is 16.3 Å². The number of carbonyl (C=O) groups excluding carboxylic acids is 2. The molecule has 4 aromatic rings. The van der Waals surface area contributed by atoms with Crippen molar-refractivity contribution >= 4 is 23.2 Å². The average molecular weight is 645 g/mol. The first-order valence-electron chi connectivity index (χ1n) is 13.9. The van der Waals surface area contributed by atoms with Crippen molar-refractivity contribution in [1.82, 2.24) is 15.3 Å². The van der Waals surface area contributed by atoms with Crippen molar-refractivity contribution in [1.29, 1.82) is 0 Å². The van der Waals surface area contributed by atoms with Gasteiger partial charge >= 0.3 is 6.18 Å². The molecule has 1 atom stereocenters. The Balaban J connectivity index is 1.52. The third kappa shape index (κ3) is 7.07. The standard InChI is InChI=1S/C31H28F4N4O5S/c1-2-43-27-19(15-25(36)40)14-24(39-26(27)17-3-6-20(32)7-4-17)30(42,31(33,34)35)16-38-28(41)18-5-10-22(29-37-11-12-45-29)23(13-18)44-21-8-9-21/h3-7,10-14,21,42H,2,8-9,15-16H2,1H3,(H2,36,40)(H,38,41)/t30-/m0/s1.